The molecular formula is C30H25F7N4O2. The highest BCUT2D eigenvalue weighted by Crippen LogP contribution is 2.50. The number of alkyl halides is 7. The van der Waals surface area contributed by atoms with Gasteiger partial charge in [0.1, 0.15) is 0 Å². The molecule has 226 valence electrons. The summed E-state index contributed by atoms with van der Waals surface area (Å²) >= 11 is 0. The van der Waals surface area contributed by atoms with Crippen molar-refractivity contribution in [3.8, 4) is 0 Å². The number of nitrogens with zero attached hydrogens (tertiary/aromatic N) is 2. The third-order valence-corrected chi connectivity index (χ3v) is 8.22. The lowest BCUT2D eigenvalue weighted by atomic mass is 9.91. The third kappa shape index (κ3) is 4.52. The smallest absolute Gasteiger partial charge is 0.356 e. The van der Waals surface area contributed by atoms with Crippen LogP contribution in [0, 0.1) is 0 Å². The largest absolute Gasteiger partial charge is 0.459 e. The van der Waals surface area contributed by atoms with Crippen LogP contribution in [-0.2, 0) is 23.1 Å². The number of para-hydroxylation sites is 1. The number of hydrogen-bond acceptors (Lipinski definition) is 3. The van der Waals surface area contributed by atoms with Gasteiger partial charge in [-0.25, -0.2) is 4.90 Å². The first-order valence-corrected chi connectivity index (χ1v) is 13.5. The lowest BCUT2D eigenvalue weighted by molar-refractivity contribution is -0.353. The maximum Gasteiger partial charge on any atom is 0.459 e. The van der Waals surface area contributed by atoms with Crippen molar-refractivity contribution in [1.82, 2.24) is 14.9 Å². The fourth-order valence-corrected chi connectivity index (χ4v) is 6.10. The quantitative estimate of drug-likeness (QED) is 0.196. The first kappa shape index (κ1) is 29.0. The summed E-state index contributed by atoms with van der Waals surface area (Å²) in [5, 5.41) is 3.69. The molecule has 4 aromatic rings. The number of carbonyl (C=O) groups excluding carboxylic acids is 2. The Kier molecular flexibility index (Phi) is 6.71. The summed E-state index contributed by atoms with van der Waals surface area (Å²) in [5.74, 6) is -13.7. The van der Waals surface area contributed by atoms with Gasteiger partial charge in [0.2, 0.25) is 0 Å². The van der Waals surface area contributed by atoms with Crippen LogP contribution in [0.15, 0.2) is 54.7 Å². The number of halogens is 7. The molecular weight excluding hydrogens is 581 g/mol. The Morgan fingerprint density at radius 3 is 2.33 bits per heavy atom. The number of rotatable bonds is 6. The van der Waals surface area contributed by atoms with Gasteiger partial charge in [-0.1, -0.05) is 30.3 Å². The number of imide groups is 1. The molecule has 43 heavy (non-hydrogen) atoms. The number of nitrogens with one attached hydrogen (secondary N) is 2. The Labute approximate surface area is 240 Å². The van der Waals surface area contributed by atoms with Gasteiger partial charge in [0.25, 0.3) is 11.8 Å². The van der Waals surface area contributed by atoms with Crippen LogP contribution < -0.4 is 10.2 Å². The standard InChI is InChI=1S/C30H25F7N4O2/c1-40-15-20(18-6-2-3-8-22(18)40)19-13-23(42)41(27(19)43)26-24-17(14-28(31,32)29(33,34)30(35,36)37)5-4-7-21(24)39-25(26)16-9-11-38-12-10-16/h2-8,13,15-16,38-39H,9-12,14H2,1H3. The van der Waals surface area contributed by atoms with Gasteiger partial charge in [-0.15, -0.1) is 0 Å². The predicted molar refractivity (Wildman–Crippen MR) is 146 cm³/mol. The van der Waals surface area contributed by atoms with E-state index in [1.54, 1.807) is 29.9 Å². The molecule has 0 aliphatic carbocycles. The maximum absolute atomic E-state index is 14.7. The van der Waals surface area contributed by atoms with Gasteiger partial charge in [-0.2, -0.15) is 30.7 Å². The molecule has 0 saturated carbocycles. The Morgan fingerprint density at radius 2 is 1.63 bits per heavy atom. The number of hydrogen-bond donors (Lipinski definition) is 2. The van der Waals surface area contributed by atoms with Crippen molar-refractivity contribution < 1.29 is 40.3 Å². The number of fused-ring (bicyclic) bond motifs is 2. The highest BCUT2D eigenvalue weighted by Gasteiger charge is 2.72. The molecule has 2 aliphatic heterocycles. The first-order chi connectivity index (χ1) is 20.2. The summed E-state index contributed by atoms with van der Waals surface area (Å²) in [6, 6.07) is 10.9. The number of aryl methyl sites for hydroxylation is 1. The second-order valence-corrected chi connectivity index (χ2v) is 10.9. The number of aromatic amines is 1. The minimum absolute atomic E-state index is 0.0406. The molecule has 0 bridgehead atoms. The molecule has 0 radical (unpaired) electrons. The molecule has 2 aliphatic rings. The maximum atomic E-state index is 14.7. The SMILES string of the molecule is Cn1cc(C2=CC(=O)N(c3c(C4CCNCC4)[nH]c4cccc(CC(F)(F)C(F)(F)C(F)(F)F)c34)C2=O)c2ccccc21. The zero-order chi connectivity index (χ0) is 30.9. The van der Waals surface area contributed by atoms with Gasteiger partial charge in [0.15, 0.2) is 0 Å². The van der Waals surface area contributed by atoms with Crippen LogP contribution in [0.1, 0.15) is 35.6 Å². The topological polar surface area (TPSA) is 70.1 Å². The fourth-order valence-electron chi connectivity index (χ4n) is 6.10. The predicted octanol–water partition coefficient (Wildman–Crippen LogP) is 6.46. The van der Waals surface area contributed by atoms with Gasteiger partial charge >= 0.3 is 18.0 Å². The van der Waals surface area contributed by atoms with Crippen molar-refractivity contribution in [3.05, 3.63) is 71.6 Å². The molecule has 2 aromatic carbocycles. The zero-order valence-corrected chi connectivity index (χ0v) is 22.7. The van der Waals surface area contributed by atoms with Crippen molar-refractivity contribution in [3.63, 3.8) is 0 Å². The average molecular weight is 607 g/mol. The second-order valence-electron chi connectivity index (χ2n) is 10.9. The van der Waals surface area contributed by atoms with Crippen LogP contribution in [0.2, 0.25) is 0 Å². The van der Waals surface area contributed by atoms with Crippen molar-refractivity contribution in [1.29, 1.82) is 0 Å². The van der Waals surface area contributed by atoms with E-state index in [1.165, 1.54) is 12.1 Å². The molecule has 6 nitrogen and oxygen atoms in total. The molecule has 1 fully saturated rings. The van der Waals surface area contributed by atoms with Gasteiger partial charge in [-0.05, 0) is 43.6 Å². The van der Waals surface area contributed by atoms with Gasteiger partial charge in [-0.3, -0.25) is 9.59 Å². The number of benzene rings is 2. The Morgan fingerprint density at radius 1 is 0.930 bits per heavy atom. The van der Waals surface area contributed by atoms with Gasteiger partial charge in [0, 0.05) is 64.7 Å². The Bertz CT molecular complexity index is 1800. The summed E-state index contributed by atoms with van der Waals surface area (Å²) in [5.41, 5.74) is 1.10. The van der Waals surface area contributed by atoms with Crippen LogP contribution in [0.3, 0.4) is 0 Å². The number of anilines is 1. The van der Waals surface area contributed by atoms with E-state index in [0.717, 1.165) is 22.6 Å². The fraction of sp³-hybridized carbons (Fsp3) is 0.333. The van der Waals surface area contributed by atoms with E-state index in [9.17, 15) is 40.3 Å². The van der Waals surface area contributed by atoms with E-state index < -0.39 is 41.8 Å². The number of carbonyl (C=O) groups is 2. The van der Waals surface area contributed by atoms with Crippen LogP contribution in [0.25, 0.3) is 27.4 Å². The lowest BCUT2D eigenvalue weighted by Crippen LogP contribution is -2.53. The molecule has 2 N–H and O–H groups in total. The molecule has 13 heteroatoms. The van der Waals surface area contributed by atoms with Crippen LogP contribution in [0.5, 0.6) is 0 Å². The number of amides is 2. The Hall–Kier alpha value is -4.13. The van der Waals surface area contributed by atoms with E-state index in [4.69, 9.17) is 0 Å². The molecule has 2 aromatic heterocycles. The van der Waals surface area contributed by atoms with Crippen molar-refractivity contribution in [2.45, 2.75) is 43.2 Å². The molecule has 2 amide bonds. The van der Waals surface area contributed by atoms with E-state index >= 15 is 0 Å². The number of piperidine rings is 1. The summed E-state index contributed by atoms with van der Waals surface area (Å²) in [7, 11) is 1.77. The van der Waals surface area contributed by atoms with Crippen LogP contribution in [-0.4, -0.2) is 52.5 Å². The summed E-state index contributed by atoms with van der Waals surface area (Å²) in [6.07, 6.45) is -4.59. The van der Waals surface area contributed by atoms with Gasteiger partial charge in [0.05, 0.1) is 11.3 Å². The highest BCUT2D eigenvalue weighted by atomic mass is 19.4. The van der Waals surface area contributed by atoms with Crippen molar-refractivity contribution >= 4 is 44.9 Å². The molecule has 0 spiro atoms. The van der Waals surface area contributed by atoms with E-state index in [-0.39, 0.29) is 28.1 Å². The summed E-state index contributed by atoms with van der Waals surface area (Å²) in [4.78, 5) is 31.5. The summed E-state index contributed by atoms with van der Waals surface area (Å²) < 4.78 is 98.1. The normalized spacial score (nSPS) is 17.5. The van der Waals surface area contributed by atoms with Crippen molar-refractivity contribution in [2.75, 3.05) is 18.0 Å². The lowest BCUT2D eigenvalue weighted by Gasteiger charge is -2.29. The van der Waals surface area contributed by atoms with E-state index in [0.29, 0.717) is 42.6 Å². The molecule has 4 heterocycles. The minimum Gasteiger partial charge on any atom is -0.356 e. The zero-order valence-electron chi connectivity index (χ0n) is 22.7. The Balaban J connectivity index is 1.51. The third-order valence-electron chi connectivity index (χ3n) is 8.22. The molecule has 1 saturated heterocycles. The molecule has 6 rings (SSSR count). The average Bonchev–Trinajstić information content (AvgIpc) is 3.59. The van der Waals surface area contributed by atoms with E-state index in [1.807, 2.05) is 12.1 Å². The highest BCUT2D eigenvalue weighted by molar-refractivity contribution is 6.45. The summed E-state index contributed by atoms with van der Waals surface area (Å²) in [6.45, 7) is 1.15. The number of aromatic nitrogens is 2. The van der Waals surface area contributed by atoms with Crippen LogP contribution in [0.4, 0.5) is 36.4 Å². The molecule has 0 atom stereocenters. The van der Waals surface area contributed by atoms with E-state index in [2.05, 4.69) is 10.3 Å². The van der Waals surface area contributed by atoms with Crippen molar-refractivity contribution in [2.24, 2.45) is 7.05 Å². The number of H-pyrrole nitrogens is 1. The van der Waals surface area contributed by atoms with Crippen LogP contribution >= 0.6 is 0 Å². The minimum atomic E-state index is -6.50. The first-order valence-electron chi connectivity index (χ1n) is 13.5. The van der Waals surface area contributed by atoms with Gasteiger partial charge < -0.3 is 14.9 Å². The monoisotopic (exact) mass is 606 g/mol. The molecule has 0 unspecified atom stereocenters. The second kappa shape index (κ2) is 9.97.